The second-order valence-corrected chi connectivity index (χ2v) is 3.77. The van der Waals surface area contributed by atoms with E-state index in [0.29, 0.717) is 0 Å². The third-order valence-corrected chi connectivity index (χ3v) is 2.39. The zero-order chi connectivity index (χ0) is 11.8. The average Bonchev–Trinajstić information content (AvgIpc) is 3.00. The van der Waals surface area contributed by atoms with Crippen LogP contribution < -0.4 is 0 Å². The van der Waals surface area contributed by atoms with Crippen LogP contribution in [0.3, 0.4) is 0 Å². The van der Waals surface area contributed by atoms with Crippen LogP contribution in [0.4, 0.5) is 0 Å². The van der Waals surface area contributed by atoms with Gasteiger partial charge in [-0.25, -0.2) is 0 Å². The van der Waals surface area contributed by atoms with Crippen molar-refractivity contribution in [3.8, 4) is 0 Å². The van der Waals surface area contributed by atoms with E-state index in [4.69, 9.17) is 8.83 Å². The molecule has 0 aliphatic rings. The van der Waals surface area contributed by atoms with Crippen molar-refractivity contribution >= 4 is 12.2 Å². The van der Waals surface area contributed by atoms with Crippen LogP contribution in [0.25, 0.3) is 12.2 Å². The number of hydrogen-bond donors (Lipinski definition) is 0. The molecule has 0 radical (unpaired) electrons. The largest absolute Gasteiger partial charge is 0.465 e. The molecule has 0 unspecified atom stereocenters. The van der Waals surface area contributed by atoms with E-state index in [1.54, 1.807) is 12.5 Å². The highest BCUT2D eigenvalue weighted by Gasteiger charge is 1.88. The Labute approximate surface area is 101 Å². The van der Waals surface area contributed by atoms with Gasteiger partial charge in [-0.1, -0.05) is 12.2 Å². The minimum atomic E-state index is 0.913. The van der Waals surface area contributed by atoms with Crippen molar-refractivity contribution in [1.82, 2.24) is 0 Å². The predicted molar refractivity (Wildman–Crippen MR) is 69.3 cm³/mol. The van der Waals surface area contributed by atoms with Gasteiger partial charge in [0.05, 0.1) is 12.5 Å². The molecule has 0 N–H and O–H groups in total. The van der Waals surface area contributed by atoms with E-state index in [0.717, 1.165) is 30.8 Å². The molecule has 2 heterocycles. The van der Waals surface area contributed by atoms with E-state index >= 15 is 0 Å². The van der Waals surface area contributed by atoms with E-state index in [1.165, 1.54) is 0 Å². The first-order chi connectivity index (χ1) is 8.45. The maximum atomic E-state index is 5.20. The van der Waals surface area contributed by atoms with Crippen molar-refractivity contribution in [1.29, 1.82) is 0 Å². The van der Waals surface area contributed by atoms with Gasteiger partial charge in [-0.3, -0.25) is 0 Å². The first-order valence-electron chi connectivity index (χ1n) is 5.85. The number of allylic oxidation sites excluding steroid dienone is 2. The van der Waals surface area contributed by atoms with Gasteiger partial charge in [-0.15, -0.1) is 0 Å². The van der Waals surface area contributed by atoms with Crippen LogP contribution in [-0.4, -0.2) is 0 Å². The molecule has 0 aliphatic carbocycles. The minimum absolute atomic E-state index is 0.913. The van der Waals surface area contributed by atoms with Crippen molar-refractivity contribution in [2.45, 2.75) is 19.3 Å². The highest BCUT2D eigenvalue weighted by Crippen LogP contribution is 2.07. The number of furan rings is 2. The maximum absolute atomic E-state index is 5.20. The molecule has 0 fully saturated rings. The number of hydrogen-bond acceptors (Lipinski definition) is 2. The summed E-state index contributed by atoms with van der Waals surface area (Å²) < 4.78 is 10.4. The number of rotatable bonds is 6. The predicted octanol–water partition coefficient (Wildman–Crippen LogP) is 4.77. The molecule has 2 nitrogen and oxygen atoms in total. The third-order valence-electron chi connectivity index (χ3n) is 2.39. The summed E-state index contributed by atoms with van der Waals surface area (Å²) in [5.74, 6) is 1.83. The lowest BCUT2D eigenvalue weighted by molar-refractivity contribution is 0.556. The number of unbranched alkanes of at least 4 members (excludes halogenated alkanes) is 2. The normalized spacial score (nSPS) is 11.8. The second-order valence-electron chi connectivity index (χ2n) is 3.77. The molecule has 0 saturated heterocycles. The summed E-state index contributed by atoms with van der Waals surface area (Å²) in [6, 6.07) is 7.69. The smallest absolute Gasteiger partial charge is 0.126 e. The molecule has 2 heteroatoms. The zero-order valence-electron chi connectivity index (χ0n) is 9.71. The quantitative estimate of drug-likeness (QED) is 0.666. The monoisotopic (exact) mass is 228 g/mol. The van der Waals surface area contributed by atoms with Gasteiger partial charge >= 0.3 is 0 Å². The van der Waals surface area contributed by atoms with Crippen molar-refractivity contribution < 1.29 is 8.83 Å². The first kappa shape index (κ1) is 11.5. The van der Waals surface area contributed by atoms with Crippen LogP contribution in [-0.2, 0) is 0 Å². The van der Waals surface area contributed by atoms with Gasteiger partial charge < -0.3 is 8.83 Å². The molecule has 0 amide bonds. The highest BCUT2D eigenvalue weighted by molar-refractivity contribution is 5.42. The molecule has 2 aromatic rings. The third kappa shape index (κ3) is 4.19. The fourth-order valence-electron chi connectivity index (χ4n) is 1.52. The fourth-order valence-corrected chi connectivity index (χ4v) is 1.52. The molecule has 2 aromatic heterocycles. The molecule has 0 aliphatic heterocycles. The van der Waals surface area contributed by atoms with Gasteiger partial charge in [-0.2, -0.15) is 0 Å². The van der Waals surface area contributed by atoms with E-state index < -0.39 is 0 Å². The summed E-state index contributed by atoms with van der Waals surface area (Å²) in [6.45, 7) is 0. The fraction of sp³-hybridized carbons (Fsp3) is 0.200. The molecule has 0 bridgehead atoms. The Bertz CT molecular complexity index is 403. The lowest BCUT2D eigenvalue weighted by atomic mass is 10.2. The van der Waals surface area contributed by atoms with Crippen molar-refractivity contribution in [2.24, 2.45) is 0 Å². The highest BCUT2D eigenvalue weighted by atomic mass is 16.3. The molecule has 0 saturated carbocycles. The summed E-state index contributed by atoms with van der Waals surface area (Å²) in [7, 11) is 0. The molecule has 2 rings (SSSR count). The lowest BCUT2D eigenvalue weighted by Crippen LogP contribution is -1.69. The van der Waals surface area contributed by atoms with E-state index in [-0.39, 0.29) is 0 Å². The molecular weight excluding hydrogens is 212 g/mol. The van der Waals surface area contributed by atoms with Gasteiger partial charge in [0.1, 0.15) is 11.5 Å². The van der Waals surface area contributed by atoms with Crippen molar-refractivity contribution in [3.05, 3.63) is 60.5 Å². The van der Waals surface area contributed by atoms with Crippen LogP contribution >= 0.6 is 0 Å². The summed E-state index contributed by atoms with van der Waals surface area (Å²) in [6.07, 6.45) is 14.9. The van der Waals surface area contributed by atoms with Gasteiger partial charge in [0.25, 0.3) is 0 Å². The van der Waals surface area contributed by atoms with Gasteiger partial charge in [-0.05, 0) is 55.7 Å². The molecule has 0 spiro atoms. The molecular formula is C15H16O2. The van der Waals surface area contributed by atoms with Crippen molar-refractivity contribution in [2.75, 3.05) is 0 Å². The van der Waals surface area contributed by atoms with Crippen LogP contribution in [0.1, 0.15) is 30.8 Å². The Morgan fingerprint density at radius 3 is 1.76 bits per heavy atom. The summed E-state index contributed by atoms with van der Waals surface area (Å²) >= 11 is 0. The van der Waals surface area contributed by atoms with Crippen LogP contribution in [0.5, 0.6) is 0 Å². The van der Waals surface area contributed by atoms with Crippen molar-refractivity contribution in [3.63, 3.8) is 0 Å². The maximum Gasteiger partial charge on any atom is 0.126 e. The van der Waals surface area contributed by atoms with Crippen LogP contribution in [0.2, 0.25) is 0 Å². The summed E-state index contributed by atoms with van der Waals surface area (Å²) in [5.41, 5.74) is 0. The standard InChI is InChI=1S/C15H16O2/c1(2-4-8-14-10-6-12-16-14)3-5-9-15-11-7-13-17-15/h4-13H,1-3H2. The SMILES string of the molecule is C(=Cc1ccco1)CCCC=Cc1ccco1. The minimum Gasteiger partial charge on any atom is -0.465 e. The molecule has 0 atom stereocenters. The van der Waals surface area contributed by atoms with E-state index in [2.05, 4.69) is 12.2 Å². The van der Waals surface area contributed by atoms with Gasteiger partial charge in [0, 0.05) is 0 Å². The Morgan fingerprint density at radius 1 is 0.824 bits per heavy atom. The Balaban J connectivity index is 1.61. The average molecular weight is 228 g/mol. The lowest BCUT2D eigenvalue weighted by Gasteiger charge is -1.90. The molecule has 17 heavy (non-hydrogen) atoms. The van der Waals surface area contributed by atoms with Crippen LogP contribution in [0.15, 0.2) is 57.8 Å². The van der Waals surface area contributed by atoms with Gasteiger partial charge in [0.15, 0.2) is 0 Å². The molecule has 0 aromatic carbocycles. The van der Waals surface area contributed by atoms with E-state index in [1.807, 2.05) is 36.4 Å². The van der Waals surface area contributed by atoms with Gasteiger partial charge in [0.2, 0.25) is 0 Å². The Hall–Kier alpha value is -1.96. The Kier molecular flexibility index (Phi) is 4.46. The topological polar surface area (TPSA) is 26.3 Å². The zero-order valence-corrected chi connectivity index (χ0v) is 9.71. The summed E-state index contributed by atoms with van der Waals surface area (Å²) in [4.78, 5) is 0. The Morgan fingerprint density at radius 2 is 1.35 bits per heavy atom. The first-order valence-corrected chi connectivity index (χ1v) is 5.85. The van der Waals surface area contributed by atoms with Crippen LogP contribution in [0, 0.1) is 0 Å². The van der Waals surface area contributed by atoms with E-state index in [9.17, 15) is 0 Å². The summed E-state index contributed by atoms with van der Waals surface area (Å²) in [5, 5.41) is 0. The molecule has 88 valence electrons. The second kappa shape index (κ2) is 6.59.